The first-order valence-electron chi connectivity index (χ1n) is 5.58. The average Bonchev–Trinajstić information content (AvgIpc) is 2.29. The van der Waals surface area contributed by atoms with E-state index in [0.29, 0.717) is 5.56 Å². The molecule has 88 valence electrons. The number of benzene rings is 1. The van der Waals surface area contributed by atoms with E-state index in [0.717, 1.165) is 6.42 Å². The van der Waals surface area contributed by atoms with Crippen molar-refractivity contribution < 1.29 is 9.90 Å². The Morgan fingerprint density at radius 3 is 2.38 bits per heavy atom. The van der Waals surface area contributed by atoms with Crippen LogP contribution in [0, 0.1) is 0 Å². The molecule has 0 saturated heterocycles. The molecule has 0 aliphatic rings. The molecule has 0 fully saturated rings. The first-order chi connectivity index (χ1) is 7.57. The van der Waals surface area contributed by atoms with Gasteiger partial charge in [0.1, 0.15) is 0 Å². The van der Waals surface area contributed by atoms with Crippen molar-refractivity contribution in [2.45, 2.75) is 32.4 Å². The minimum Gasteiger partial charge on any atom is -0.391 e. The second-order valence-electron chi connectivity index (χ2n) is 4.00. The molecule has 1 aromatic rings. The molecule has 2 atom stereocenters. The molecule has 3 nitrogen and oxygen atoms in total. The van der Waals surface area contributed by atoms with Crippen LogP contribution in [0.1, 0.15) is 30.6 Å². The monoisotopic (exact) mass is 221 g/mol. The van der Waals surface area contributed by atoms with E-state index in [4.69, 9.17) is 0 Å². The van der Waals surface area contributed by atoms with Gasteiger partial charge in [0.05, 0.1) is 12.1 Å². The van der Waals surface area contributed by atoms with E-state index in [1.165, 1.54) is 0 Å². The molecule has 1 N–H and O–H groups in total. The molecule has 1 amide bonds. The molecule has 0 heterocycles. The van der Waals surface area contributed by atoms with Crippen molar-refractivity contribution in [2.24, 2.45) is 0 Å². The van der Waals surface area contributed by atoms with Gasteiger partial charge in [0, 0.05) is 12.6 Å². The molecule has 1 rings (SSSR count). The smallest absolute Gasteiger partial charge is 0.253 e. The number of carbonyl (C=O) groups excluding carboxylic acids is 1. The first-order valence-corrected chi connectivity index (χ1v) is 5.58. The van der Waals surface area contributed by atoms with Crippen molar-refractivity contribution in [1.82, 2.24) is 4.90 Å². The van der Waals surface area contributed by atoms with E-state index < -0.39 is 6.10 Å². The molecule has 0 saturated carbocycles. The van der Waals surface area contributed by atoms with Gasteiger partial charge >= 0.3 is 0 Å². The molecule has 0 radical (unpaired) electrons. The van der Waals surface area contributed by atoms with Crippen molar-refractivity contribution in [3.8, 4) is 0 Å². The van der Waals surface area contributed by atoms with Crippen LogP contribution in [0.4, 0.5) is 0 Å². The average molecular weight is 221 g/mol. The maximum atomic E-state index is 12.1. The van der Waals surface area contributed by atoms with Gasteiger partial charge < -0.3 is 10.0 Å². The van der Waals surface area contributed by atoms with Crippen LogP contribution in [0.5, 0.6) is 0 Å². The summed E-state index contributed by atoms with van der Waals surface area (Å²) in [5, 5.41) is 9.58. The van der Waals surface area contributed by atoms with Crippen LogP contribution in [-0.2, 0) is 0 Å². The number of amides is 1. The highest BCUT2D eigenvalue weighted by Gasteiger charge is 2.23. The van der Waals surface area contributed by atoms with Crippen LogP contribution >= 0.6 is 0 Å². The number of likely N-dealkylation sites (N-methyl/N-ethyl adjacent to an activating group) is 1. The second kappa shape index (κ2) is 5.66. The van der Waals surface area contributed by atoms with E-state index in [1.54, 1.807) is 31.0 Å². The van der Waals surface area contributed by atoms with Crippen LogP contribution in [0.25, 0.3) is 0 Å². The van der Waals surface area contributed by atoms with Crippen LogP contribution in [0.15, 0.2) is 30.3 Å². The Morgan fingerprint density at radius 1 is 1.38 bits per heavy atom. The Morgan fingerprint density at radius 2 is 1.94 bits per heavy atom. The third-order valence-electron chi connectivity index (χ3n) is 2.81. The van der Waals surface area contributed by atoms with Crippen molar-refractivity contribution in [2.75, 3.05) is 7.05 Å². The van der Waals surface area contributed by atoms with Gasteiger partial charge in [-0.15, -0.1) is 0 Å². The number of nitrogens with zero attached hydrogens (tertiary/aromatic N) is 1. The summed E-state index contributed by atoms with van der Waals surface area (Å²) in [7, 11) is 1.73. The fourth-order valence-corrected chi connectivity index (χ4v) is 1.87. The Kier molecular flexibility index (Phi) is 4.50. The minimum atomic E-state index is -0.511. The fourth-order valence-electron chi connectivity index (χ4n) is 1.87. The number of carbonyl (C=O) groups is 1. The Labute approximate surface area is 96.7 Å². The largest absolute Gasteiger partial charge is 0.391 e. The Hall–Kier alpha value is -1.35. The number of aliphatic hydroxyl groups excluding tert-OH is 1. The molecule has 0 aliphatic heterocycles. The van der Waals surface area contributed by atoms with Gasteiger partial charge in [-0.2, -0.15) is 0 Å². The quantitative estimate of drug-likeness (QED) is 0.843. The highest BCUT2D eigenvalue weighted by molar-refractivity contribution is 5.94. The minimum absolute atomic E-state index is 0.0478. The zero-order chi connectivity index (χ0) is 12.1. The maximum Gasteiger partial charge on any atom is 0.253 e. The van der Waals surface area contributed by atoms with Crippen molar-refractivity contribution in [1.29, 1.82) is 0 Å². The van der Waals surface area contributed by atoms with Gasteiger partial charge in [0.2, 0.25) is 0 Å². The Bertz CT molecular complexity index is 335. The number of aliphatic hydroxyl groups is 1. The first kappa shape index (κ1) is 12.7. The fraction of sp³-hybridized carbons (Fsp3) is 0.462. The van der Waals surface area contributed by atoms with Crippen molar-refractivity contribution in [3.05, 3.63) is 35.9 Å². The lowest BCUT2D eigenvalue weighted by Crippen LogP contribution is -2.43. The molecular formula is C13H19NO2. The second-order valence-corrected chi connectivity index (χ2v) is 4.00. The zero-order valence-corrected chi connectivity index (χ0v) is 10.1. The van der Waals surface area contributed by atoms with Gasteiger partial charge in [-0.05, 0) is 25.5 Å². The van der Waals surface area contributed by atoms with Gasteiger partial charge in [-0.1, -0.05) is 25.1 Å². The van der Waals surface area contributed by atoms with E-state index in [9.17, 15) is 9.90 Å². The van der Waals surface area contributed by atoms with Crippen molar-refractivity contribution >= 4 is 5.91 Å². The summed E-state index contributed by atoms with van der Waals surface area (Å²) < 4.78 is 0. The lowest BCUT2D eigenvalue weighted by Gasteiger charge is -2.29. The summed E-state index contributed by atoms with van der Waals surface area (Å²) in [5.74, 6) is -0.0478. The third-order valence-corrected chi connectivity index (χ3v) is 2.81. The molecule has 3 heteroatoms. The Balaban J connectivity index is 2.81. The summed E-state index contributed by atoms with van der Waals surface area (Å²) >= 11 is 0. The molecule has 16 heavy (non-hydrogen) atoms. The standard InChI is InChI=1S/C13H19NO2/c1-4-12(10(2)15)14(3)13(16)11-8-6-5-7-9-11/h5-10,12,15H,4H2,1-3H3/t10-,12-/m0/s1. The van der Waals surface area contributed by atoms with Crippen molar-refractivity contribution in [3.63, 3.8) is 0 Å². The summed E-state index contributed by atoms with van der Waals surface area (Å²) in [6, 6.07) is 8.99. The maximum absolute atomic E-state index is 12.1. The van der Waals surface area contributed by atoms with E-state index >= 15 is 0 Å². The lowest BCUT2D eigenvalue weighted by atomic mass is 10.1. The number of hydrogen-bond acceptors (Lipinski definition) is 2. The molecule has 0 unspecified atom stereocenters. The topological polar surface area (TPSA) is 40.5 Å². The van der Waals surface area contributed by atoms with E-state index in [2.05, 4.69) is 0 Å². The number of hydrogen-bond donors (Lipinski definition) is 1. The molecule has 0 aliphatic carbocycles. The lowest BCUT2D eigenvalue weighted by molar-refractivity contribution is 0.0485. The normalized spacial score (nSPS) is 14.2. The van der Waals surface area contributed by atoms with Crippen LogP contribution < -0.4 is 0 Å². The predicted octanol–water partition coefficient (Wildman–Crippen LogP) is 1.92. The van der Waals surface area contributed by atoms with Crippen LogP contribution in [-0.4, -0.2) is 35.1 Å². The molecular weight excluding hydrogens is 202 g/mol. The highest BCUT2D eigenvalue weighted by atomic mass is 16.3. The van der Waals surface area contributed by atoms with Gasteiger partial charge in [-0.3, -0.25) is 4.79 Å². The molecule has 0 bridgehead atoms. The predicted molar refractivity (Wildman–Crippen MR) is 64.3 cm³/mol. The zero-order valence-electron chi connectivity index (χ0n) is 10.1. The highest BCUT2D eigenvalue weighted by Crippen LogP contribution is 2.11. The molecule has 0 aromatic heterocycles. The van der Waals surface area contributed by atoms with Gasteiger partial charge in [0.25, 0.3) is 5.91 Å². The third kappa shape index (κ3) is 2.83. The summed E-state index contributed by atoms with van der Waals surface area (Å²) in [4.78, 5) is 13.7. The molecule has 1 aromatic carbocycles. The van der Waals surface area contributed by atoms with E-state index in [-0.39, 0.29) is 11.9 Å². The van der Waals surface area contributed by atoms with Crippen LogP contribution in [0.3, 0.4) is 0 Å². The summed E-state index contributed by atoms with van der Waals surface area (Å²) in [5.41, 5.74) is 0.657. The van der Waals surface area contributed by atoms with Gasteiger partial charge in [0.15, 0.2) is 0 Å². The number of rotatable bonds is 4. The van der Waals surface area contributed by atoms with E-state index in [1.807, 2.05) is 25.1 Å². The molecule has 0 spiro atoms. The van der Waals surface area contributed by atoms with Gasteiger partial charge in [-0.25, -0.2) is 0 Å². The summed E-state index contributed by atoms with van der Waals surface area (Å²) in [6.45, 7) is 3.68. The summed E-state index contributed by atoms with van der Waals surface area (Å²) in [6.07, 6.45) is 0.231. The SMILES string of the molecule is CC[C@@H]([C@H](C)O)N(C)C(=O)c1ccccc1. The van der Waals surface area contributed by atoms with Crippen LogP contribution in [0.2, 0.25) is 0 Å².